The van der Waals surface area contributed by atoms with Gasteiger partial charge in [0, 0.05) is 17.4 Å². The molecule has 2 unspecified atom stereocenters. The summed E-state index contributed by atoms with van der Waals surface area (Å²) in [6.07, 6.45) is 9.97. The molecular weight excluding hydrogens is 234 g/mol. The fourth-order valence-corrected chi connectivity index (χ4v) is 2.31. The van der Waals surface area contributed by atoms with Crippen LogP contribution in [0.25, 0.3) is 0 Å². The van der Waals surface area contributed by atoms with Gasteiger partial charge >= 0.3 is 0 Å². The summed E-state index contributed by atoms with van der Waals surface area (Å²) < 4.78 is 6.13. The van der Waals surface area contributed by atoms with Gasteiger partial charge in [-0.2, -0.15) is 0 Å². The average molecular weight is 261 g/mol. The van der Waals surface area contributed by atoms with Crippen LogP contribution < -0.4 is 5.32 Å². The summed E-state index contributed by atoms with van der Waals surface area (Å²) in [5.74, 6) is 1.56. The van der Waals surface area contributed by atoms with Crippen LogP contribution in [0.5, 0.6) is 0 Å². The summed E-state index contributed by atoms with van der Waals surface area (Å²) >= 11 is 0. The highest BCUT2D eigenvalue weighted by molar-refractivity contribution is 5.36. The molecule has 1 N–H and O–H groups in total. The molecule has 2 atom stereocenters. The second-order valence-electron chi connectivity index (χ2n) is 6.78. The van der Waals surface area contributed by atoms with Crippen molar-refractivity contribution in [1.82, 2.24) is 5.32 Å². The maximum atomic E-state index is 6.13. The molecule has 2 heteroatoms. The van der Waals surface area contributed by atoms with E-state index in [-0.39, 0.29) is 10.8 Å². The Morgan fingerprint density at radius 1 is 1.37 bits per heavy atom. The van der Waals surface area contributed by atoms with Gasteiger partial charge in [0.25, 0.3) is 0 Å². The van der Waals surface area contributed by atoms with Gasteiger partial charge in [-0.1, -0.05) is 46.8 Å². The van der Waals surface area contributed by atoms with Gasteiger partial charge in [-0.25, -0.2) is 0 Å². The minimum atomic E-state index is 0.0578. The molecule has 2 rings (SSSR count). The number of ether oxygens (including phenoxy) is 1. The molecule has 0 saturated carbocycles. The Morgan fingerprint density at radius 3 is 2.74 bits per heavy atom. The summed E-state index contributed by atoms with van der Waals surface area (Å²) in [6, 6.07) is 0. The molecule has 1 aliphatic heterocycles. The molecule has 1 aliphatic carbocycles. The highest BCUT2D eigenvalue weighted by Crippen LogP contribution is 2.36. The lowest BCUT2D eigenvalue weighted by molar-refractivity contribution is 0.117. The lowest BCUT2D eigenvalue weighted by Gasteiger charge is -2.28. The number of rotatable bonds is 2. The zero-order chi connectivity index (χ0) is 14.1. The van der Waals surface area contributed by atoms with E-state index in [0.29, 0.717) is 5.92 Å². The molecule has 0 aromatic carbocycles. The first kappa shape index (κ1) is 14.2. The van der Waals surface area contributed by atoms with Crippen molar-refractivity contribution >= 4 is 0 Å². The SMILES string of the molecule is CCC1(C)CNC2=CC=CC(C)(C(C)C)C=C2OC1. The number of hydrogen-bond donors (Lipinski definition) is 1. The predicted molar refractivity (Wildman–Crippen MR) is 80.6 cm³/mol. The van der Waals surface area contributed by atoms with Crippen molar-refractivity contribution in [2.45, 2.75) is 41.0 Å². The van der Waals surface area contributed by atoms with E-state index >= 15 is 0 Å². The lowest BCUT2D eigenvalue weighted by atomic mass is 9.78. The molecule has 0 amide bonds. The number of hydrogen-bond acceptors (Lipinski definition) is 2. The Balaban J connectivity index is 2.31. The minimum absolute atomic E-state index is 0.0578. The highest BCUT2D eigenvalue weighted by atomic mass is 16.5. The summed E-state index contributed by atoms with van der Waals surface area (Å²) in [6.45, 7) is 13.0. The topological polar surface area (TPSA) is 21.3 Å². The summed E-state index contributed by atoms with van der Waals surface area (Å²) in [5, 5.41) is 3.56. The van der Waals surface area contributed by atoms with Crippen LogP contribution >= 0.6 is 0 Å². The second-order valence-corrected chi connectivity index (χ2v) is 6.78. The minimum Gasteiger partial charge on any atom is -0.491 e. The predicted octanol–water partition coefficient (Wildman–Crippen LogP) is 4.02. The van der Waals surface area contributed by atoms with Gasteiger partial charge < -0.3 is 10.1 Å². The van der Waals surface area contributed by atoms with Crippen molar-refractivity contribution < 1.29 is 4.74 Å². The molecule has 1 heterocycles. The van der Waals surface area contributed by atoms with Crippen LogP contribution in [0.2, 0.25) is 0 Å². The third kappa shape index (κ3) is 2.88. The fourth-order valence-electron chi connectivity index (χ4n) is 2.31. The van der Waals surface area contributed by atoms with Crippen molar-refractivity contribution in [3.05, 3.63) is 35.8 Å². The Morgan fingerprint density at radius 2 is 2.11 bits per heavy atom. The van der Waals surface area contributed by atoms with Crippen LogP contribution in [0.3, 0.4) is 0 Å². The zero-order valence-corrected chi connectivity index (χ0v) is 12.9. The van der Waals surface area contributed by atoms with Crippen molar-refractivity contribution in [2.24, 2.45) is 16.7 Å². The maximum absolute atomic E-state index is 6.13. The molecule has 0 aromatic heterocycles. The third-order valence-corrected chi connectivity index (χ3v) is 4.81. The van der Waals surface area contributed by atoms with Crippen molar-refractivity contribution in [3.8, 4) is 0 Å². The first-order valence-corrected chi connectivity index (χ1v) is 7.38. The third-order valence-electron chi connectivity index (χ3n) is 4.81. The molecule has 0 spiro atoms. The van der Waals surface area contributed by atoms with Crippen LogP contribution in [0.4, 0.5) is 0 Å². The van der Waals surface area contributed by atoms with E-state index in [1.807, 2.05) is 0 Å². The van der Waals surface area contributed by atoms with Crippen molar-refractivity contribution in [1.29, 1.82) is 0 Å². The average Bonchev–Trinajstić information content (AvgIpc) is 2.62. The van der Waals surface area contributed by atoms with Crippen LogP contribution in [0, 0.1) is 16.7 Å². The summed E-state index contributed by atoms with van der Waals surface area (Å²) in [5.41, 5.74) is 1.39. The Bertz CT molecular complexity index is 433. The number of allylic oxidation sites excluding steroid dienone is 4. The molecule has 0 radical (unpaired) electrons. The Labute approximate surface area is 117 Å². The van der Waals surface area contributed by atoms with E-state index in [1.165, 1.54) is 0 Å². The molecule has 1 saturated heterocycles. The van der Waals surface area contributed by atoms with Crippen molar-refractivity contribution in [2.75, 3.05) is 13.2 Å². The fraction of sp³-hybridized carbons (Fsp3) is 0.647. The first-order valence-electron chi connectivity index (χ1n) is 7.38. The van der Waals surface area contributed by atoms with Crippen LogP contribution in [0.15, 0.2) is 35.8 Å². The number of fused-ring (bicyclic) bond motifs is 1. The molecular formula is C17H27NO. The lowest BCUT2D eigenvalue weighted by Crippen LogP contribution is -2.31. The molecule has 2 aliphatic rings. The van der Waals surface area contributed by atoms with Crippen LogP contribution in [-0.2, 0) is 4.74 Å². The smallest absolute Gasteiger partial charge is 0.139 e. The quantitative estimate of drug-likeness (QED) is 0.810. The second kappa shape index (κ2) is 5.07. The molecule has 1 fully saturated rings. The molecule has 0 aromatic rings. The zero-order valence-electron chi connectivity index (χ0n) is 12.9. The summed E-state index contributed by atoms with van der Waals surface area (Å²) in [4.78, 5) is 0. The van der Waals surface area contributed by atoms with Crippen LogP contribution in [0.1, 0.15) is 41.0 Å². The van der Waals surface area contributed by atoms with Gasteiger partial charge in [0.15, 0.2) is 0 Å². The van der Waals surface area contributed by atoms with Gasteiger partial charge in [-0.15, -0.1) is 0 Å². The van der Waals surface area contributed by atoms with Gasteiger partial charge in [0.2, 0.25) is 0 Å². The van der Waals surface area contributed by atoms with E-state index in [0.717, 1.165) is 31.0 Å². The van der Waals surface area contributed by atoms with E-state index in [1.54, 1.807) is 0 Å². The molecule has 0 bridgehead atoms. The standard InChI is InChI=1S/C17H27NO/c1-6-16(4)11-18-14-8-7-9-17(5,13(2)3)10-15(14)19-12-16/h7-10,13,18H,6,11-12H2,1-5H3. The van der Waals surface area contributed by atoms with Gasteiger partial charge in [0.05, 0.1) is 12.3 Å². The van der Waals surface area contributed by atoms with Gasteiger partial charge in [-0.05, 0) is 24.5 Å². The molecule has 106 valence electrons. The van der Waals surface area contributed by atoms with E-state index in [9.17, 15) is 0 Å². The summed E-state index contributed by atoms with van der Waals surface area (Å²) in [7, 11) is 0. The Hall–Kier alpha value is -1.18. The molecule has 2 nitrogen and oxygen atoms in total. The number of nitrogens with one attached hydrogen (secondary N) is 1. The van der Waals surface area contributed by atoms with Gasteiger partial charge in [0.1, 0.15) is 5.76 Å². The van der Waals surface area contributed by atoms with E-state index in [2.05, 4.69) is 64.2 Å². The normalized spacial score (nSPS) is 34.4. The van der Waals surface area contributed by atoms with Gasteiger partial charge in [-0.3, -0.25) is 0 Å². The van der Waals surface area contributed by atoms with Crippen molar-refractivity contribution in [3.63, 3.8) is 0 Å². The first-order chi connectivity index (χ1) is 8.88. The monoisotopic (exact) mass is 261 g/mol. The largest absolute Gasteiger partial charge is 0.491 e. The Kier molecular flexibility index (Phi) is 3.80. The van der Waals surface area contributed by atoms with E-state index in [4.69, 9.17) is 4.74 Å². The highest BCUT2D eigenvalue weighted by Gasteiger charge is 2.31. The van der Waals surface area contributed by atoms with E-state index < -0.39 is 0 Å². The van der Waals surface area contributed by atoms with Crippen LogP contribution in [-0.4, -0.2) is 13.2 Å². The maximum Gasteiger partial charge on any atom is 0.139 e. The molecule has 19 heavy (non-hydrogen) atoms.